The highest BCUT2D eigenvalue weighted by Crippen LogP contribution is 2.31. The third-order valence-electron chi connectivity index (χ3n) is 3.69. The average Bonchev–Trinajstić information content (AvgIpc) is 2.68. The third-order valence-corrected chi connectivity index (χ3v) is 3.69. The SMILES string of the molecule is CCC(=O)N1CCC(CCC(C)(C)O)C1C(C)=O. The van der Waals surface area contributed by atoms with E-state index in [1.165, 1.54) is 0 Å². The second-order valence-electron chi connectivity index (χ2n) is 5.90. The molecule has 0 radical (unpaired) electrons. The van der Waals surface area contributed by atoms with Gasteiger partial charge in [0.25, 0.3) is 0 Å². The van der Waals surface area contributed by atoms with Crippen molar-refractivity contribution in [1.82, 2.24) is 4.90 Å². The molecule has 4 nitrogen and oxygen atoms in total. The molecule has 0 aromatic rings. The average molecular weight is 255 g/mol. The zero-order chi connectivity index (χ0) is 13.9. The summed E-state index contributed by atoms with van der Waals surface area (Å²) in [5, 5.41) is 9.76. The summed E-state index contributed by atoms with van der Waals surface area (Å²) in [6.07, 6.45) is 2.77. The van der Waals surface area contributed by atoms with Gasteiger partial charge in [-0.2, -0.15) is 0 Å². The van der Waals surface area contributed by atoms with Gasteiger partial charge in [0.15, 0.2) is 5.78 Å². The fraction of sp³-hybridized carbons (Fsp3) is 0.857. The van der Waals surface area contributed by atoms with Gasteiger partial charge in [0.05, 0.1) is 11.6 Å². The Morgan fingerprint density at radius 3 is 2.44 bits per heavy atom. The molecule has 0 aromatic heterocycles. The van der Waals surface area contributed by atoms with Crippen molar-refractivity contribution in [3.63, 3.8) is 0 Å². The summed E-state index contributed by atoms with van der Waals surface area (Å²) in [6, 6.07) is -0.278. The molecule has 104 valence electrons. The van der Waals surface area contributed by atoms with Gasteiger partial charge in [-0.05, 0) is 46.0 Å². The van der Waals surface area contributed by atoms with Crippen LogP contribution in [0.3, 0.4) is 0 Å². The number of carbonyl (C=O) groups excluding carboxylic acids is 2. The molecule has 0 bridgehead atoms. The highest BCUT2D eigenvalue weighted by atomic mass is 16.3. The summed E-state index contributed by atoms with van der Waals surface area (Å²) in [6.45, 7) is 7.61. The number of carbonyl (C=O) groups is 2. The van der Waals surface area contributed by atoms with Gasteiger partial charge in [-0.3, -0.25) is 9.59 Å². The Labute approximate surface area is 109 Å². The van der Waals surface area contributed by atoms with Gasteiger partial charge in [0, 0.05) is 13.0 Å². The van der Waals surface area contributed by atoms with E-state index in [0.29, 0.717) is 19.4 Å². The number of rotatable bonds is 5. The lowest BCUT2D eigenvalue weighted by atomic mass is 9.88. The fourth-order valence-electron chi connectivity index (χ4n) is 2.73. The van der Waals surface area contributed by atoms with Crippen LogP contribution in [0, 0.1) is 5.92 Å². The summed E-state index contributed by atoms with van der Waals surface area (Å²) >= 11 is 0. The van der Waals surface area contributed by atoms with Gasteiger partial charge in [0.1, 0.15) is 0 Å². The maximum Gasteiger partial charge on any atom is 0.222 e. The van der Waals surface area contributed by atoms with Crippen molar-refractivity contribution in [1.29, 1.82) is 0 Å². The molecule has 1 aliphatic rings. The number of likely N-dealkylation sites (tertiary alicyclic amines) is 1. The van der Waals surface area contributed by atoms with Crippen LogP contribution in [0.4, 0.5) is 0 Å². The first-order valence-electron chi connectivity index (χ1n) is 6.78. The van der Waals surface area contributed by atoms with Gasteiger partial charge in [-0.25, -0.2) is 0 Å². The van der Waals surface area contributed by atoms with Gasteiger partial charge in [0.2, 0.25) is 5.91 Å². The molecular weight excluding hydrogens is 230 g/mol. The molecule has 1 N–H and O–H groups in total. The third kappa shape index (κ3) is 3.80. The van der Waals surface area contributed by atoms with Crippen LogP contribution < -0.4 is 0 Å². The minimum atomic E-state index is -0.705. The highest BCUT2D eigenvalue weighted by molar-refractivity contribution is 5.88. The molecule has 1 rings (SSSR count). The molecule has 4 heteroatoms. The van der Waals surface area contributed by atoms with E-state index in [1.807, 2.05) is 6.92 Å². The second-order valence-corrected chi connectivity index (χ2v) is 5.90. The van der Waals surface area contributed by atoms with Crippen molar-refractivity contribution < 1.29 is 14.7 Å². The first-order valence-corrected chi connectivity index (χ1v) is 6.78. The van der Waals surface area contributed by atoms with Crippen molar-refractivity contribution in [3.05, 3.63) is 0 Å². The molecule has 2 atom stereocenters. The van der Waals surface area contributed by atoms with Crippen LogP contribution in [0.2, 0.25) is 0 Å². The van der Waals surface area contributed by atoms with Crippen LogP contribution in [0.25, 0.3) is 0 Å². The van der Waals surface area contributed by atoms with Crippen molar-refractivity contribution in [3.8, 4) is 0 Å². The lowest BCUT2D eigenvalue weighted by molar-refractivity contribution is -0.137. The molecule has 18 heavy (non-hydrogen) atoms. The number of nitrogens with zero attached hydrogens (tertiary/aromatic N) is 1. The van der Waals surface area contributed by atoms with Crippen molar-refractivity contribution in [2.45, 2.75) is 65.0 Å². The Morgan fingerprint density at radius 2 is 2.00 bits per heavy atom. The predicted octanol–water partition coefficient (Wildman–Crippen LogP) is 1.75. The second kappa shape index (κ2) is 5.83. The minimum absolute atomic E-state index is 0.0564. The van der Waals surface area contributed by atoms with E-state index in [0.717, 1.165) is 12.8 Å². The van der Waals surface area contributed by atoms with E-state index in [4.69, 9.17) is 0 Å². The van der Waals surface area contributed by atoms with E-state index in [2.05, 4.69) is 0 Å². The van der Waals surface area contributed by atoms with Crippen molar-refractivity contribution in [2.24, 2.45) is 5.92 Å². The lowest BCUT2D eigenvalue weighted by Gasteiger charge is -2.27. The molecule has 0 spiro atoms. The highest BCUT2D eigenvalue weighted by Gasteiger charge is 2.39. The van der Waals surface area contributed by atoms with Gasteiger partial charge in [-0.15, -0.1) is 0 Å². The normalized spacial score (nSPS) is 24.4. The standard InChI is InChI=1S/C14H25NO3/c1-5-12(17)15-9-7-11(13(15)10(2)16)6-8-14(3,4)18/h11,13,18H,5-9H2,1-4H3. The fourth-order valence-corrected chi connectivity index (χ4v) is 2.73. The Kier molecular flexibility index (Phi) is 4.91. The Hall–Kier alpha value is -0.900. The van der Waals surface area contributed by atoms with E-state index in [1.54, 1.807) is 25.7 Å². The monoisotopic (exact) mass is 255 g/mol. The first-order chi connectivity index (χ1) is 8.26. The Balaban J connectivity index is 2.70. The maximum atomic E-state index is 11.8. The molecular formula is C14H25NO3. The molecule has 1 aliphatic heterocycles. The van der Waals surface area contributed by atoms with E-state index >= 15 is 0 Å². The Bertz CT molecular complexity index is 319. The topological polar surface area (TPSA) is 57.6 Å². The number of hydrogen-bond donors (Lipinski definition) is 1. The summed E-state index contributed by atoms with van der Waals surface area (Å²) in [7, 11) is 0. The van der Waals surface area contributed by atoms with E-state index in [9.17, 15) is 14.7 Å². The molecule has 1 fully saturated rings. The number of aliphatic hydroxyl groups is 1. The summed E-state index contributed by atoms with van der Waals surface area (Å²) < 4.78 is 0. The molecule has 0 saturated carbocycles. The molecule has 0 aromatic carbocycles. The molecule has 1 saturated heterocycles. The Morgan fingerprint density at radius 1 is 1.39 bits per heavy atom. The van der Waals surface area contributed by atoms with Gasteiger partial charge >= 0.3 is 0 Å². The number of hydrogen-bond acceptors (Lipinski definition) is 3. The zero-order valence-corrected chi connectivity index (χ0v) is 11.9. The number of Topliss-reactive ketones (excluding diaryl/α,β-unsaturated/α-hetero) is 1. The van der Waals surface area contributed by atoms with Crippen molar-refractivity contribution >= 4 is 11.7 Å². The van der Waals surface area contributed by atoms with E-state index in [-0.39, 0.29) is 23.7 Å². The van der Waals surface area contributed by atoms with Crippen LogP contribution in [-0.2, 0) is 9.59 Å². The number of amides is 1. The predicted molar refractivity (Wildman–Crippen MR) is 70.1 cm³/mol. The smallest absolute Gasteiger partial charge is 0.222 e. The molecule has 2 unspecified atom stereocenters. The minimum Gasteiger partial charge on any atom is -0.390 e. The largest absolute Gasteiger partial charge is 0.390 e. The lowest BCUT2D eigenvalue weighted by Crippen LogP contribution is -2.42. The van der Waals surface area contributed by atoms with Gasteiger partial charge < -0.3 is 10.0 Å². The summed E-state index contributed by atoms with van der Waals surface area (Å²) in [5.41, 5.74) is -0.705. The van der Waals surface area contributed by atoms with Crippen LogP contribution in [0.15, 0.2) is 0 Å². The summed E-state index contributed by atoms with van der Waals surface area (Å²) in [5.74, 6) is 0.320. The van der Waals surface area contributed by atoms with Crippen LogP contribution >= 0.6 is 0 Å². The number of ketones is 1. The zero-order valence-electron chi connectivity index (χ0n) is 11.9. The molecule has 1 amide bonds. The van der Waals surface area contributed by atoms with E-state index < -0.39 is 5.60 Å². The molecule has 0 aliphatic carbocycles. The van der Waals surface area contributed by atoms with Crippen LogP contribution in [0.5, 0.6) is 0 Å². The van der Waals surface area contributed by atoms with Crippen LogP contribution in [0.1, 0.15) is 53.4 Å². The molecule has 1 heterocycles. The summed E-state index contributed by atoms with van der Waals surface area (Å²) in [4.78, 5) is 25.3. The maximum absolute atomic E-state index is 11.8. The quantitative estimate of drug-likeness (QED) is 0.814. The van der Waals surface area contributed by atoms with Crippen molar-refractivity contribution in [2.75, 3.05) is 6.54 Å². The van der Waals surface area contributed by atoms with Gasteiger partial charge in [-0.1, -0.05) is 6.92 Å². The van der Waals surface area contributed by atoms with Crippen LogP contribution in [-0.4, -0.2) is 39.9 Å². The first kappa shape index (κ1) is 15.2.